The molecule has 121 heavy (non-hydrogen) atoms. The average Bonchev–Trinajstić information content (AvgIpc) is 1.60. The normalized spacial score (nSPS) is 12.3. The molecule has 0 saturated carbocycles. The Labute approximate surface area is 697 Å². The van der Waals surface area contributed by atoms with E-state index in [0.717, 1.165) is 118 Å². The van der Waals surface area contributed by atoms with Gasteiger partial charge in [0.1, 0.15) is 0 Å². The van der Waals surface area contributed by atoms with Gasteiger partial charge in [0, 0.05) is 117 Å². The lowest BCUT2D eigenvalue weighted by molar-refractivity contribution is 1.17. The number of rotatable bonds is 13. The zero-order chi connectivity index (χ0) is 79.9. The van der Waals surface area contributed by atoms with Gasteiger partial charge in [-0.1, -0.05) is 250 Å². The predicted octanol–water partition coefficient (Wildman–Crippen LogP) is 29.2. The molecule has 0 aliphatic heterocycles. The van der Waals surface area contributed by atoms with Crippen molar-refractivity contribution in [1.29, 1.82) is 0 Å². The quantitative estimate of drug-likeness (QED) is 0.0816. The number of para-hydroxylation sites is 8. The third kappa shape index (κ3) is 11.1. The van der Waals surface area contributed by atoms with Gasteiger partial charge in [-0.2, -0.15) is 0 Å². The highest BCUT2D eigenvalue weighted by atomic mass is 15.0. The fraction of sp³-hybridized carbons (Fsp3) is 0.0265. The molecule has 0 fully saturated rings. The van der Waals surface area contributed by atoms with Gasteiger partial charge >= 0.3 is 0 Å². The largest absolute Gasteiger partial charge is 0.309 e. The van der Waals surface area contributed by atoms with Crippen LogP contribution in [-0.2, 0) is 0 Å². The van der Waals surface area contributed by atoms with Crippen LogP contribution in [0.3, 0.4) is 0 Å². The summed E-state index contributed by atoms with van der Waals surface area (Å²) in [5.41, 5.74) is 32.6. The summed E-state index contributed by atoms with van der Waals surface area (Å²) in [5.74, 6) is 0.656. The molecule has 0 bridgehead atoms. The summed E-state index contributed by atoms with van der Waals surface area (Å²) >= 11 is 0. The lowest BCUT2D eigenvalue weighted by Gasteiger charge is -2.13. The van der Waals surface area contributed by atoms with E-state index in [-0.39, 0.29) is 0 Å². The Morgan fingerprint density at radius 3 is 0.752 bits per heavy atom. The number of aliphatic imine (C=N–C) groups is 2. The number of hydrogen-bond acceptors (Lipinski definition) is 1. The topological polar surface area (TPSA) is 54.3 Å². The molecule has 0 N–H and O–H groups in total. The van der Waals surface area contributed by atoms with E-state index in [4.69, 9.17) is 9.98 Å². The zero-order valence-electron chi connectivity index (χ0n) is 66.5. The zero-order valence-corrected chi connectivity index (χ0v) is 66.5. The molecule has 8 nitrogen and oxygen atoms in total. The molecule has 0 aliphatic rings. The molecule has 24 rings (SSSR count). The summed E-state index contributed by atoms with van der Waals surface area (Å²) in [6.07, 6.45) is 0.679. The Balaban J connectivity index is 0.629. The van der Waals surface area contributed by atoms with Crippen LogP contribution in [-0.4, -0.2) is 46.0 Å². The number of benzene rings is 18. The predicted molar refractivity (Wildman–Crippen MR) is 510 cm³/mol. The summed E-state index contributed by atoms with van der Waals surface area (Å²) in [5, 5.41) is 14.5. The maximum absolute atomic E-state index is 5.59. The molecule has 0 aliphatic carbocycles. The van der Waals surface area contributed by atoms with Crippen molar-refractivity contribution in [3.63, 3.8) is 0 Å². The Kier molecular flexibility index (Phi) is 16.0. The van der Waals surface area contributed by atoms with Crippen molar-refractivity contribution in [2.24, 2.45) is 9.98 Å². The first-order chi connectivity index (χ1) is 59.9. The Bertz CT molecular complexity index is 7990. The van der Waals surface area contributed by atoms with Crippen molar-refractivity contribution in [2.75, 3.05) is 7.05 Å². The van der Waals surface area contributed by atoms with Crippen molar-refractivity contribution in [2.45, 2.75) is 13.3 Å². The first-order valence-corrected chi connectivity index (χ1v) is 41.7. The highest BCUT2D eigenvalue weighted by molar-refractivity contribution is 6.19. The van der Waals surface area contributed by atoms with Gasteiger partial charge < -0.3 is 27.4 Å². The number of hydrogen-bond donors (Lipinski definition) is 0. The first kappa shape index (κ1) is 69.4. The van der Waals surface area contributed by atoms with Gasteiger partial charge in [-0.3, -0.25) is 4.99 Å². The van der Waals surface area contributed by atoms with Crippen LogP contribution in [0.2, 0.25) is 0 Å². The Hall–Kier alpha value is -15.9. The van der Waals surface area contributed by atoms with E-state index in [1.165, 1.54) is 109 Å². The summed E-state index contributed by atoms with van der Waals surface area (Å²) in [7, 11) is 1.87. The second-order valence-corrected chi connectivity index (χ2v) is 31.8. The highest BCUT2D eigenvalue weighted by Gasteiger charge is 2.24. The molecule has 18 aromatic carbocycles. The molecule has 6 heterocycles. The van der Waals surface area contributed by atoms with Crippen molar-refractivity contribution in [3.8, 4) is 78.6 Å². The van der Waals surface area contributed by atoms with Crippen LogP contribution in [0.15, 0.2) is 422 Å². The minimum absolute atomic E-state index is 0.656. The standard InChI is InChI=1S/C113H76N8/c1-3-100(72-43-53-86(54-44-72)120-109-68-77(73-49-59-105-96(64-73)88-35-16-20-39-101(88)116(105)82-26-8-4-9-27-82)45-55-92(109)93-56-46-78(69-110(93)120)74-50-60-106-97(65-74)89-36-17-21-40-102(89)117(106)83-28-10-5-11-29-83)115-113(114-2)81-25-24-34-87(63-81)121-111-70-79(75-51-61-107-98(66-75)90-37-18-22-41-103(90)118(107)84-30-12-6-13-31-84)47-57-94(111)95-58-48-80(71-112(95)121)76-52-62-108-99(67-76)91-38-19-23-42-104(91)119(108)85-32-14-7-15-33-85/h4-71H,3H2,1-2H3/b114-113-,115-100+. The molecule has 0 amide bonds. The molecule has 0 radical (unpaired) electrons. The van der Waals surface area contributed by atoms with Gasteiger partial charge in [-0.05, 0) is 226 Å². The van der Waals surface area contributed by atoms with Crippen LogP contribution in [0.25, 0.3) is 209 Å². The number of nitrogens with zero attached hydrogens (tertiary/aromatic N) is 8. The molecular weight excluding hydrogens is 1470 g/mol. The first-order valence-electron chi connectivity index (χ1n) is 41.7. The van der Waals surface area contributed by atoms with E-state index in [2.05, 4.69) is 447 Å². The second kappa shape index (κ2) is 27.9. The fourth-order valence-corrected chi connectivity index (χ4v) is 19.6. The van der Waals surface area contributed by atoms with Gasteiger partial charge in [0.05, 0.1) is 66.2 Å². The molecule has 568 valence electrons. The lowest BCUT2D eigenvalue weighted by Crippen LogP contribution is -2.07. The molecule has 0 unspecified atom stereocenters. The maximum Gasteiger partial charge on any atom is 0.154 e. The van der Waals surface area contributed by atoms with Crippen molar-refractivity contribution >= 4 is 142 Å². The van der Waals surface area contributed by atoms with E-state index >= 15 is 0 Å². The molecule has 0 atom stereocenters. The molecule has 6 aromatic heterocycles. The third-order valence-electron chi connectivity index (χ3n) is 25.2. The monoisotopic (exact) mass is 1540 g/mol. The van der Waals surface area contributed by atoms with Gasteiger partial charge in [-0.25, -0.2) is 4.99 Å². The van der Waals surface area contributed by atoms with Crippen LogP contribution < -0.4 is 0 Å². The average molecular weight is 1550 g/mol. The van der Waals surface area contributed by atoms with E-state index in [1.807, 2.05) is 7.05 Å². The third-order valence-corrected chi connectivity index (χ3v) is 25.2. The second-order valence-electron chi connectivity index (χ2n) is 31.8. The maximum atomic E-state index is 5.59. The number of aromatic nitrogens is 6. The summed E-state index contributed by atoms with van der Waals surface area (Å²) < 4.78 is 14.5. The van der Waals surface area contributed by atoms with Crippen LogP contribution in [0.5, 0.6) is 0 Å². The van der Waals surface area contributed by atoms with E-state index in [1.54, 1.807) is 0 Å². The van der Waals surface area contributed by atoms with Crippen LogP contribution >= 0.6 is 0 Å². The van der Waals surface area contributed by atoms with Gasteiger partial charge in [0.25, 0.3) is 0 Å². The lowest BCUT2D eigenvalue weighted by atomic mass is 10.00. The molecular formula is C113H76N8. The minimum Gasteiger partial charge on any atom is -0.309 e. The highest BCUT2D eigenvalue weighted by Crippen LogP contribution is 2.45. The number of fused-ring (bicyclic) bond motifs is 18. The van der Waals surface area contributed by atoms with E-state index < -0.39 is 0 Å². The molecule has 0 saturated heterocycles. The smallest absolute Gasteiger partial charge is 0.154 e. The SMILES string of the molecule is CC/C(=N\C(=N/C)c1cccc(-n2c3cc(-c4ccc5c(c4)c4ccccc4n5-c4ccccc4)ccc3c3ccc(-c4ccc5c(c4)c4ccccc4n5-c4ccccc4)cc32)c1)c1ccc(-n2c3cc(-c4ccc5c(c4)c4ccccc4n5-c4ccccc4)ccc3c3ccc(-c4ccc5c(c4)c4ccccc4n5-c4ccccc4)cc32)cc1. The van der Waals surface area contributed by atoms with Crippen LogP contribution in [0.4, 0.5) is 0 Å². The van der Waals surface area contributed by atoms with E-state index in [0.29, 0.717) is 12.3 Å². The van der Waals surface area contributed by atoms with Gasteiger partial charge in [0.2, 0.25) is 0 Å². The fourth-order valence-electron chi connectivity index (χ4n) is 19.6. The summed E-state index contributed by atoms with van der Waals surface area (Å²) in [4.78, 5) is 10.6. The van der Waals surface area contributed by atoms with Crippen molar-refractivity contribution < 1.29 is 0 Å². The molecule has 24 aromatic rings. The minimum atomic E-state index is 0.656. The summed E-state index contributed by atoms with van der Waals surface area (Å²) in [6, 6.07) is 152. The van der Waals surface area contributed by atoms with Crippen LogP contribution in [0.1, 0.15) is 24.5 Å². The van der Waals surface area contributed by atoms with Crippen LogP contribution in [0, 0.1) is 0 Å². The number of amidine groups is 1. The molecule has 0 spiro atoms. The molecule has 8 heteroatoms. The Morgan fingerprint density at radius 2 is 0.438 bits per heavy atom. The Morgan fingerprint density at radius 1 is 0.190 bits per heavy atom. The van der Waals surface area contributed by atoms with Gasteiger partial charge in [0.15, 0.2) is 5.84 Å². The van der Waals surface area contributed by atoms with Gasteiger partial charge in [-0.15, -0.1) is 0 Å². The van der Waals surface area contributed by atoms with E-state index in [9.17, 15) is 0 Å². The van der Waals surface area contributed by atoms with Crippen molar-refractivity contribution in [1.82, 2.24) is 27.4 Å². The summed E-state index contributed by atoms with van der Waals surface area (Å²) in [6.45, 7) is 2.20. The van der Waals surface area contributed by atoms with Crippen molar-refractivity contribution in [3.05, 3.63) is 424 Å².